The van der Waals surface area contributed by atoms with Gasteiger partial charge in [-0.15, -0.1) is 0 Å². The van der Waals surface area contributed by atoms with Crippen LogP contribution in [0.1, 0.15) is 18.6 Å². The first-order valence-electron chi connectivity index (χ1n) is 8.85. The summed E-state index contributed by atoms with van der Waals surface area (Å²) in [7, 11) is 0. The monoisotopic (exact) mass is 367 g/mol. The fourth-order valence-electron chi connectivity index (χ4n) is 2.91. The smallest absolute Gasteiger partial charge is 0.228 e. The van der Waals surface area contributed by atoms with E-state index in [1.165, 1.54) is 0 Å². The number of anilines is 3. The third-order valence-corrected chi connectivity index (χ3v) is 4.29. The van der Waals surface area contributed by atoms with Gasteiger partial charge in [0.05, 0.1) is 24.6 Å². The number of hydrogen-bond acceptors (Lipinski definition) is 8. The Morgan fingerprint density at radius 2 is 2.04 bits per heavy atom. The number of benzene rings is 1. The van der Waals surface area contributed by atoms with Crippen LogP contribution in [0.15, 0.2) is 41.1 Å². The van der Waals surface area contributed by atoms with Crippen molar-refractivity contribution in [2.45, 2.75) is 25.9 Å². The second kappa shape index (κ2) is 7.63. The van der Waals surface area contributed by atoms with Gasteiger partial charge in [0.25, 0.3) is 0 Å². The number of ether oxygens (including phenoxy) is 2. The normalized spacial score (nSPS) is 14.9. The molecule has 140 valence electrons. The standard InChI is InChI=1S/C19H21N5O3/c1-12-10-18(24-27-12)23-19-21-7-4-16(22-19)13-2-3-17(15(20)11-13)26-14-5-8-25-9-6-14/h2-4,7,10-11,14H,5-6,8-9,20H2,1H3,(H,21,22,23,24). The summed E-state index contributed by atoms with van der Waals surface area (Å²) in [6.07, 6.45) is 3.58. The van der Waals surface area contributed by atoms with E-state index in [0.717, 1.165) is 37.3 Å². The van der Waals surface area contributed by atoms with Gasteiger partial charge in [0.15, 0.2) is 5.82 Å². The Hall–Kier alpha value is -3.13. The SMILES string of the molecule is Cc1cc(Nc2nccc(-c3ccc(OC4CCOCC4)c(N)c3)n2)no1. The molecule has 1 aromatic carbocycles. The van der Waals surface area contributed by atoms with E-state index in [0.29, 0.717) is 29.0 Å². The number of nitrogen functional groups attached to an aromatic ring is 1. The Morgan fingerprint density at radius 3 is 2.78 bits per heavy atom. The Bertz CT molecular complexity index is 921. The Balaban J connectivity index is 1.51. The first kappa shape index (κ1) is 17.3. The molecule has 1 aliphatic rings. The molecule has 3 aromatic rings. The maximum atomic E-state index is 6.20. The number of aryl methyl sites for hydroxylation is 1. The molecule has 1 saturated heterocycles. The van der Waals surface area contributed by atoms with Crippen molar-refractivity contribution in [3.63, 3.8) is 0 Å². The van der Waals surface area contributed by atoms with Crippen LogP contribution < -0.4 is 15.8 Å². The fraction of sp³-hybridized carbons (Fsp3) is 0.316. The van der Waals surface area contributed by atoms with E-state index in [9.17, 15) is 0 Å². The zero-order valence-corrected chi connectivity index (χ0v) is 15.0. The molecule has 8 heteroatoms. The number of nitrogens with one attached hydrogen (secondary N) is 1. The van der Waals surface area contributed by atoms with Gasteiger partial charge in [-0.2, -0.15) is 0 Å². The molecule has 2 aromatic heterocycles. The highest BCUT2D eigenvalue weighted by atomic mass is 16.5. The Kier molecular flexibility index (Phi) is 4.88. The highest BCUT2D eigenvalue weighted by Gasteiger charge is 2.17. The van der Waals surface area contributed by atoms with Crippen LogP contribution in [-0.2, 0) is 4.74 Å². The summed E-state index contributed by atoms with van der Waals surface area (Å²) in [5.74, 6) is 2.39. The zero-order chi connectivity index (χ0) is 18.6. The van der Waals surface area contributed by atoms with Crippen LogP contribution >= 0.6 is 0 Å². The largest absolute Gasteiger partial charge is 0.488 e. The lowest BCUT2D eigenvalue weighted by molar-refractivity contribution is 0.0259. The van der Waals surface area contributed by atoms with E-state index in [1.807, 2.05) is 31.2 Å². The predicted molar refractivity (Wildman–Crippen MR) is 101 cm³/mol. The summed E-state index contributed by atoms with van der Waals surface area (Å²) < 4.78 is 16.4. The first-order chi connectivity index (χ1) is 13.2. The molecule has 1 fully saturated rings. The van der Waals surface area contributed by atoms with Gasteiger partial charge in [-0.25, -0.2) is 9.97 Å². The molecule has 0 aliphatic carbocycles. The first-order valence-corrected chi connectivity index (χ1v) is 8.85. The second-order valence-electron chi connectivity index (χ2n) is 6.40. The summed E-state index contributed by atoms with van der Waals surface area (Å²) in [5.41, 5.74) is 8.42. The van der Waals surface area contributed by atoms with Crippen molar-refractivity contribution in [3.05, 3.63) is 42.3 Å². The van der Waals surface area contributed by atoms with Crippen molar-refractivity contribution in [2.24, 2.45) is 0 Å². The number of nitrogens with two attached hydrogens (primary N) is 1. The molecule has 3 N–H and O–H groups in total. The minimum Gasteiger partial charge on any atom is -0.488 e. The van der Waals surface area contributed by atoms with E-state index < -0.39 is 0 Å². The highest BCUT2D eigenvalue weighted by Crippen LogP contribution is 2.30. The van der Waals surface area contributed by atoms with Crippen molar-refractivity contribution in [2.75, 3.05) is 24.3 Å². The average Bonchev–Trinajstić information content (AvgIpc) is 3.09. The molecule has 3 heterocycles. The Labute approximate surface area is 156 Å². The summed E-state index contributed by atoms with van der Waals surface area (Å²) in [6, 6.07) is 9.29. The van der Waals surface area contributed by atoms with Crippen LogP contribution in [0, 0.1) is 6.92 Å². The molecule has 1 aliphatic heterocycles. The maximum absolute atomic E-state index is 6.20. The minimum absolute atomic E-state index is 0.146. The van der Waals surface area contributed by atoms with Gasteiger partial charge < -0.3 is 25.0 Å². The molecular formula is C19H21N5O3. The third kappa shape index (κ3) is 4.17. The molecule has 4 rings (SSSR count). The zero-order valence-electron chi connectivity index (χ0n) is 15.0. The minimum atomic E-state index is 0.146. The molecule has 8 nitrogen and oxygen atoms in total. The van der Waals surface area contributed by atoms with E-state index in [-0.39, 0.29) is 6.10 Å². The Morgan fingerprint density at radius 1 is 1.19 bits per heavy atom. The van der Waals surface area contributed by atoms with Crippen molar-refractivity contribution in [1.29, 1.82) is 0 Å². The lowest BCUT2D eigenvalue weighted by Gasteiger charge is -2.24. The van der Waals surface area contributed by atoms with E-state index in [2.05, 4.69) is 20.4 Å². The highest BCUT2D eigenvalue weighted by molar-refractivity contribution is 5.69. The fourth-order valence-corrected chi connectivity index (χ4v) is 2.91. The third-order valence-electron chi connectivity index (χ3n) is 4.29. The lowest BCUT2D eigenvalue weighted by Crippen LogP contribution is -2.26. The predicted octanol–water partition coefficient (Wildman–Crippen LogP) is 3.32. The van der Waals surface area contributed by atoms with E-state index in [4.69, 9.17) is 19.7 Å². The molecule has 0 radical (unpaired) electrons. The van der Waals surface area contributed by atoms with Gasteiger partial charge in [0.2, 0.25) is 5.95 Å². The van der Waals surface area contributed by atoms with Crippen LogP contribution in [0.5, 0.6) is 5.75 Å². The summed E-state index contributed by atoms with van der Waals surface area (Å²) >= 11 is 0. The number of nitrogens with zero attached hydrogens (tertiary/aromatic N) is 3. The van der Waals surface area contributed by atoms with Crippen molar-refractivity contribution in [3.8, 4) is 17.0 Å². The van der Waals surface area contributed by atoms with Gasteiger partial charge in [0.1, 0.15) is 17.6 Å². The lowest BCUT2D eigenvalue weighted by atomic mass is 10.1. The van der Waals surface area contributed by atoms with E-state index in [1.54, 1.807) is 12.3 Å². The van der Waals surface area contributed by atoms with E-state index >= 15 is 0 Å². The van der Waals surface area contributed by atoms with Gasteiger partial charge in [-0.05, 0) is 31.2 Å². The second-order valence-corrected chi connectivity index (χ2v) is 6.40. The van der Waals surface area contributed by atoms with Gasteiger partial charge >= 0.3 is 0 Å². The molecule has 0 atom stereocenters. The van der Waals surface area contributed by atoms with Crippen LogP contribution in [0.4, 0.5) is 17.5 Å². The van der Waals surface area contributed by atoms with Crippen molar-refractivity contribution >= 4 is 17.5 Å². The molecule has 0 unspecified atom stereocenters. The number of rotatable bonds is 5. The van der Waals surface area contributed by atoms with Gasteiger partial charge in [0, 0.05) is 30.7 Å². The quantitative estimate of drug-likeness (QED) is 0.661. The van der Waals surface area contributed by atoms with Crippen LogP contribution in [-0.4, -0.2) is 34.4 Å². The molecular weight excluding hydrogens is 346 g/mol. The van der Waals surface area contributed by atoms with Gasteiger partial charge in [-0.3, -0.25) is 0 Å². The number of aromatic nitrogens is 3. The summed E-state index contributed by atoms with van der Waals surface area (Å²) in [5, 5.41) is 6.90. The maximum Gasteiger partial charge on any atom is 0.228 e. The molecule has 0 spiro atoms. The van der Waals surface area contributed by atoms with Crippen LogP contribution in [0.25, 0.3) is 11.3 Å². The topological polar surface area (TPSA) is 108 Å². The van der Waals surface area contributed by atoms with Crippen LogP contribution in [0.2, 0.25) is 0 Å². The average molecular weight is 367 g/mol. The van der Waals surface area contributed by atoms with Crippen LogP contribution in [0.3, 0.4) is 0 Å². The molecule has 0 bridgehead atoms. The molecule has 0 saturated carbocycles. The van der Waals surface area contributed by atoms with Crippen molar-refractivity contribution in [1.82, 2.24) is 15.1 Å². The van der Waals surface area contributed by atoms with Crippen molar-refractivity contribution < 1.29 is 14.0 Å². The molecule has 27 heavy (non-hydrogen) atoms. The summed E-state index contributed by atoms with van der Waals surface area (Å²) in [4.78, 5) is 8.73. The van der Waals surface area contributed by atoms with Gasteiger partial charge in [-0.1, -0.05) is 5.16 Å². The summed E-state index contributed by atoms with van der Waals surface area (Å²) in [6.45, 7) is 3.27. The number of hydrogen-bond donors (Lipinski definition) is 2. The molecule has 0 amide bonds.